The van der Waals surface area contributed by atoms with Crippen LogP contribution in [0.5, 0.6) is 0 Å². The SMILES string of the molecule is CCOCCCn1c(NC(=O)C2CCCN(S(=O)(=O)c3cccs3)C2)nc2ccccc21. The van der Waals surface area contributed by atoms with Gasteiger partial charge in [-0.1, -0.05) is 18.2 Å². The lowest BCUT2D eigenvalue weighted by atomic mass is 9.99. The lowest BCUT2D eigenvalue weighted by Crippen LogP contribution is -2.43. The number of ether oxygens (including phenoxy) is 1. The van der Waals surface area contributed by atoms with Gasteiger partial charge in [-0.15, -0.1) is 11.3 Å². The van der Waals surface area contributed by atoms with Crippen LogP contribution in [-0.2, 0) is 26.1 Å². The van der Waals surface area contributed by atoms with E-state index in [2.05, 4.69) is 10.3 Å². The largest absolute Gasteiger partial charge is 0.382 e. The van der Waals surface area contributed by atoms with E-state index in [1.807, 2.05) is 35.8 Å². The predicted octanol–water partition coefficient (Wildman–Crippen LogP) is 3.56. The van der Waals surface area contributed by atoms with Crippen LogP contribution in [0.15, 0.2) is 46.0 Å². The second kappa shape index (κ2) is 10.1. The van der Waals surface area contributed by atoms with Gasteiger partial charge in [0.2, 0.25) is 11.9 Å². The number of hydrogen-bond donors (Lipinski definition) is 1. The summed E-state index contributed by atoms with van der Waals surface area (Å²) in [5.41, 5.74) is 1.76. The van der Waals surface area contributed by atoms with Gasteiger partial charge < -0.3 is 9.30 Å². The molecule has 1 atom stereocenters. The minimum absolute atomic E-state index is 0.177. The van der Waals surface area contributed by atoms with Crippen LogP contribution in [0.25, 0.3) is 11.0 Å². The Bertz CT molecular complexity index is 1160. The zero-order valence-electron chi connectivity index (χ0n) is 18.1. The third-order valence-electron chi connectivity index (χ3n) is 5.61. The van der Waals surface area contributed by atoms with Crippen LogP contribution in [-0.4, -0.2) is 54.5 Å². The number of thiophene rings is 1. The second-order valence-electron chi connectivity index (χ2n) is 7.75. The Morgan fingerprint density at radius 3 is 2.91 bits per heavy atom. The highest BCUT2D eigenvalue weighted by Crippen LogP contribution is 2.27. The number of aromatic nitrogens is 2. The van der Waals surface area contributed by atoms with Crippen LogP contribution in [0, 0.1) is 5.92 Å². The summed E-state index contributed by atoms with van der Waals surface area (Å²) in [5, 5.41) is 4.72. The van der Waals surface area contributed by atoms with E-state index in [0.29, 0.717) is 49.3 Å². The van der Waals surface area contributed by atoms with Crippen molar-refractivity contribution >= 4 is 44.2 Å². The van der Waals surface area contributed by atoms with Crippen molar-refractivity contribution in [2.24, 2.45) is 5.92 Å². The fourth-order valence-electron chi connectivity index (χ4n) is 3.99. The molecule has 1 unspecified atom stereocenters. The molecule has 0 spiro atoms. The van der Waals surface area contributed by atoms with E-state index in [4.69, 9.17) is 4.74 Å². The maximum Gasteiger partial charge on any atom is 0.252 e. The highest BCUT2D eigenvalue weighted by atomic mass is 32.2. The van der Waals surface area contributed by atoms with Crippen molar-refractivity contribution in [2.75, 3.05) is 31.6 Å². The third-order valence-corrected chi connectivity index (χ3v) is 8.85. The molecule has 1 amide bonds. The number of hydrogen-bond acceptors (Lipinski definition) is 6. The molecule has 3 heterocycles. The van der Waals surface area contributed by atoms with Gasteiger partial charge in [0.15, 0.2) is 0 Å². The smallest absolute Gasteiger partial charge is 0.252 e. The average Bonchev–Trinajstić information content (AvgIpc) is 3.46. The third kappa shape index (κ3) is 4.88. The fraction of sp³-hybridized carbons (Fsp3) is 0.455. The fourth-order valence-corrected chi connectivity index (χ4v) is 6.66. The van der Waals surface area contributed by atoms with E-state index in [1.165, 1.54) is 15.6 Å². The van der Waals surface area contributed by atoms with E-state index < -0.39 is 15.9 Å². The van der Waals surface area contributed by atoms with E-state index >= 15 is 0 Å². The molecule has 1 fully saturated rings. The number of sulfonamides is 1. The Morgan fingerprint density at radius 1 is 1.28 bits per heavy atom. The molecule has 10 heteroatoms. The lowest BCUT2D eigenvalue weighted by Gasteiger charge is -2.30. The summed E-state index contributed by atoms with van der Waals surface area (Å²) in [4.78, 5) is 17.7. The zero-order valence-corrected chi connectivity index (χ0v) is 19.7. The molecule has 32 heavy (non-hydrogen) atoms. The van der Waals surface area contributed by atoms with E-state index in [9.17, 15) is 13.2 Å². The number of carbonyl (C=O) groups excluding carboxylic acids is 1. The van der Waals surface area contributed by atoms with Gasteiger partial charge in [0.1, 0.15) is 4.21 Å². The molecule has 3 aromatic rings. The van der Waals surface area contributed by atoms with Crippen LogP contribution in [0.4, 0.5) is 5.95 Å². The maximum absolute atomic E-state index is 13.1. The molecule has 0 aliphatic carbocycles. The normalized spacial score (nSPS) is 17.6. The Hall–Kier alpha value is -2.27. The molecule has 172 valence electrons. The molecule has 4 rings (SSSR count). The highest BCUT2D eigenvalue weighted by Gasteiger charge is 2.34. The number of rotatable bonds is 9. The molecule has 0 radical (unpaired) electrons. The number of para-hydroxylation sites is 2. The molecule has 1 aliphatic heterocycles. The van der Waals surface area contributed by atoms with Crippen molar-refractivity contribution in [3.05, 3.63) is 41.8 Å². The van der Waals surface area contributed by atoms with E-state index in [1.54, 1.807) is 17.5 Å². The summed E-state index contributed by atoms with van der Waals surface area (Å²) in [6.45, 7) is 4.54. The zero-order chi connectivity index (χ0) is 22.6. The number of carbonyl (C=O) groups is 1. The maximum atomic E-state index is 13.1. The van der Waals surface area contributed by atoms with Crippen molar-refractivity contribution < 1.29 is 17.9 Å². The molecule has 0 bridgehead atoms. The topological polar surface area (TPSA) is 93.5 Å². The van der Waals surface area contributed by atoms with Gasteiger partial charge in [-0.25, -0.2) is 13.4 Å². The van der Waals surface area contributed by atoms with Gasteiger partial charge >= 0.3 is 0 Å². The van der Waals surface area contributed by atoms with Gasteiger partial charge in [0, 0.05) is 32.8 Å². The number of nitrogens with one attached hydrogen (secondary N) is 1. The van der Waals surface area contributed by atoms with Crippen LogP contribution >= 0.6 is 11.3 Å². The van der Waals surface area contributed by atoms with Crippen LogP contribution in [0.1, 0.15) is 26.2 Å². The molecule has 1 aromatic carbocycles. The first-order valence-electron chi connectivity index (χ1n) is 10.9. The minimum atomic E-state index is -3.57. The summed E-state index contributed by atoms with van der Waals surface area (Å²) in [6, 6.07) is 11.1. The van der Waals surface area contributed by atoms with E-state index in [0.717, 1.165) is 17.5 Å². The number of aryl methyl sites for hydroxylation is 1. The highest BCUT2D eigenvalue weighted by molar-refractivity contribution is 7.91. The first-order valence-corrected chi connectivity index (χ1v) is 13.2. The number of amides is 1. The molecule has 1 N–H and O–H groups in total. The van der Waals surface area contributed by atoms with Crippen molar-refractivity contribution in [1.29, 1.82) is 0 Å². The summed E-state index contributed by atoms with van der Waals surface area (Å²) >= 11 is 1.20. The first kappa shape index (κ1) is 22.9. The molecule has 1 saturated heterocycles. The standard InChI is InChI=1S/C22H28N4O4S2/c1-2-30-14-7-13-26-19-10-4-3-9-18(19)23-22(26)24-21(27)17-8-5-12-25(16-17)32(28,29)20-11-6-15-31-20/h3-4,6,9-11,15,17H,2,5,7-8,12-14,16H2,1H3,(H,23,24,27). The molecule has 0 saturated carbocycles. The number of imidazole rings is 1. The summed E-state index contributed by atoms with van der Waals surface area (Å²) in [5.74, 6) is -0.126. The monoisotopic (exact) mass is 476 g/mol. The van der Waals surface area contributed by atoms with E-state index in [-0.39, 0.29) is 12.5 Å². The molecular weight excluding hydrogens is 448 g/mol. The van der Waals surface area contributed by atoms with Crippen LogP contribution < -0.4 is 5.32 Å². The van der Waals surface area contributed by atoms with Crippen molar-refractivity contribution in [1.82, 2.24) is 13.9 Å². The van der Waals surface area contributed by atoms with Gasteiger partial charge in [0.05, 0.1) is 17.0 Å². The van der Waals surface area contributed by atoms with Crippen LogP contribution in [0.3, 0.4) is 0 Å². The number of anilines is 1. The van der Waals surface area contributed by atoms with Crippen molar-refractivity contribution in [3.63, 3.8) is 0 Å². The van der Waals surface area contributed by atoms with Crippen molar-refractivity contribution in [3.8, 4) is 0 Å². The number of nitrogens with zero attached hydrogens (tertiary/aromatic N) is 3. The number of piperidine rings is 1. The number of benzene rings is 1. The Balaban J connectivity index is 1.49. The van der Waals surface area contributed by atoms with Gasteiger partial charge in [0.25, 0.3) is 10.0 Å². The predicted molar refractivity (Wildman–Crippen MR) is 125 cm³/mol. The Morgan fingerprint density at radius 2 is 2.12 bits per heavy atom. The quantitative estimate of drug-likeness (QED) is 0.477. The van der Waals surface area contributed by atoms with Crippen molar-refractivity contribution in [2.45, 2.75) is 36.9 Å². The summed E-state index contributed by atoms with van der Waals surface area (Å²) in [6.07, 6.45) is 2.09. The lowest BCUT2D eigenvalue weighted by molar-refractivity contribution is -0.120. The molecular formula is C22H28N4O4S2. The van der Waals surface area contributed by atoms with Gasteiger partial charge in [-0.2, -0.15) is 4.31 Å². The summed E-state index contributed by atoms with van der Waals surface area (Å²) in [7, 11) is -3.57. The van der Waals surface area contributed by atoms with Crippen LogP contribution in [0.2, 0.25) is 0 Å². The Labute approximate surface area is 192 Å². The van der Waals surface area contributed by atoms with Gasteiger partial charge in [-0.3, -0.25) is 10.1 Å². The number of fused-ring (bicyclic) bond motifs is 1. The minimum Gasteiger partial charge on any atom is -0.382 e. The average molecular weight is 477 g/mol. The summed E-state index contributed by atoms with van der Waals surface area (Å²) < 4.78 is 35.0. The first-order chi connectivity index (χ1) is 15.5. The second-order valence-corrected chi connectivity index (χ2v) is 10.9. The van der Waals surface area contributed by atoms with Gasteiger partial charge in [-0.05, 0) is 49.8 Å². The molecule has 8 nitrogen and oxygen atoms in total. The molecule has 1 aliphatic rings. The Kier molecular flexibility index (Phi) is 7.24. The molecule has 2 aromatic heterocycles.